The van der Waals surface area contributed by atoms with Crippen molar-refractivity contribution in [1.29, 1.82) is 0 Å². The Morgan fingerprint density at radius 2 is 2.00 bits per heavy atom. The number of hydrogen-bond acceptors (Lipinski definition) is 6. The molecule has 0 saturated carbocycles. The molecule has 0 radical (unpaired) electrons. The standard InChI is InChI=1S/C19H19ClO5S2/c1-19(2)8-13-15(14(21)9-19)18(27(3,23)24)26-16(13)17(22)25-10-11-5-4-6-12(20)7-11/h4-7H,8-10H2,1-3H3. The topological polar surface area (TPSA) is 77.5 Å². The number of halogens is 1. The maximum atomic E-state index is 12.7. The van der Waals surface area contributed by atoms with Crippen LogP contribution < -0.4 is 0 Å². The van der Waals surface area contributed by atoms with Crippen LogP contribution in [0, 0.1) is 5.41 Å². The van der Waals surface area contributed by atoms with Crippen molar-refractivity contribution >= 4 is 44.5 Å². The molecule has 1 aromatic heterocycles. The third-order valence-corrected chi connectivity index (χ3v) is 7.61. The van der Waals surface area contributed by atoms with E-state index in [4.69, 9.17) is 16.3 Å². The number of ether oxygens (including phenoxy) is 1. The van der Waals surface area contributed by atoms with Gasteiger partial charge >= 0.3 is 5.97 Å². The van der Waals surface area contributed by atoms with Gasteiger partial charge in [-0.3, -0.25) is 4.79 Å². The molecule has 0 N–H and O–H groups in total. The van der Waals surface area contributed by atoms with Crippen LogP contribution in [0.25, 0.3) is 0 Å². The second-order valence-electron chi connectivity index (χ2n) is 7.49. The van der Waals surface area contributed by atoms with Crippen LogP contribution in [0.1, 0.15) is 51.4 Å². The van der Waals surface area contributed by atoms with Crippen LogP contribution in [0.4, 0.5) is 0 Å². The molecule has 0 unspecified atom stereocenters. The summed E-state index contributed by atoms with van der Waals surface area (Å²) in [7, 11) is -3.63. The molecule has 2 aromatic rings. The summed E-state index contributed by atoms with van der Waals surface area (Å²) in [6.07, 6.45) is 1.74. The molecule has 0 atom stereocenters. The zero-order valence-corrected chi connectivity index (χ0v) is 17.6. The Balaban J connectivity index is 1.98. The predicted octanol–water partition coefficient (Wildman–Crippen LogP) is 4.32. The number of esters is 1. The van der Waals surface area contributed by atoms with E-state index in [1.165, 1.54) is 0 Å². The first kappa shape index (κ1) is 20.0. The van der Waals surface area contributed by atoms with Crippen molar-refractivity contribution in [3.63, 3.8) is 0 Å². The fraction of sp³-hybridized carbons (Fsp3) is 0.368. The summed E-state index contributed by atoms with van der Waals surface area (Å²) in [5, 5.41) is 0.531. The lowest BCUT2D eigenvalue weighted by atomic mass is 9.74. The summed E-state index contributed by atoms with van der Waals surface area (Å²) in [5.41, 5.74) is 1.03. The van der Waals surface area contributed by atoms with Gasteiger partial charge in [-0.15, -0.1) is 11.3 Å². The molecule has 1 aromatic carbocycles. The highest BCUT2D eigenvalue weighted by Gasteiger charge is 2.39. The van der Waals surface area contributed by atoms with Crippen molar-refractivity contribution in [2.24, 2.45) is 5.41 Å². The molecule has 1 aliphatic carbocycles. The molecule has 8 heteroatoms. The van der Waals surface area contributed by atoms with Crippen molar-refractivity contribution in [2.75, 3.05) is 6.26 Å². The zero-order valence-electron chi connectivity index (χ0n) is 15.2. The fourth-order valence-electron chi connectivity index (χ4n) is 3.22. The van der Waals surface area contributed by atoms with Gasteiger partial charge in [0, 0.05) is 17.7 Å². The number of thiophene rings is 1. The monoisotopic (exact) mass is 426 g/mol. The molecule has 1 aliphatic rings. The van der Waals surface area contributed by atoms with Crippen molar-refractivity contribution < 1.29 is 22.7 Å². The van der Waals surface area contributed by atoms with Gasteiger partial charge < -0.3 is 4.74 Å². The van der Waals surface area contributed by atoms with Gasteiger partial charge in [0.1, 0.15) is 15.7 Å². The highest BCUT2D eigenvalue weighted by Crippen LogP contribution is 2.43. The van der Waals surface area contributed by atoms with Gasteiger partial charge in [0.05, 0.1) is 5.56 Å². The fourth-order valence-corrected chi connectivity index (χ4v) is 5.86. The molecule has 27 heavy (non-hydrogen) atoms. The molecule has 0 bridgehead atoms. The van der Waals surface area contributed by atoms with Crippen molar-refractivity contribution in [3.05, 3.63) is 50.9 Å². The lowest BCUT2D eigenvalue weighted by molar-refractivity contribution is 0.0476. The Kier molecular flexibility index (Phi) is 5.22. The van der Waals surface area contributed by atoms with Gasteiger partial charge in [0.15, 0.2) is 15.6 Å². The lowest BCUT2D eigenvalue weighted by Crippen LogP contribution is -2.28. The number of hydrogen-bond donors (Lipinski definition) is 0. The highest BCUT2D eigenvalue weighted by atomic mass is 35.5. The van der Waals surface area contributed by atoms with E-state index in [1.807, 2.05) is 13.8 Å². The maximum Gasteiger partial charge on any atom is 0.348 e. The number of Topliss-reactive ketones (excluding diaryl/α,β-unsaturated/α-hetero) is 1. The molecule has 0 aliphatic heterocycles. The Bertz CT molecular complexity index is 1030. The molecule has 0 amide bonds. The van der Waals surface area contributed by atoms with Gasteiger partial charge in [0.25, 0.3) is 0 Å². The molecular formula is C19H19ClO5S2. The smallest absolute Gasteiger partial charge is 0.348 e. The lowest BCUT2D eigenvalue weighted by Gasteiger charge is -2.29. The minimum Gasteiger partial charge on any atom is -0.457 e. The molecule has 5 nitrogen and oxygen atoms in total. The van der Waals surface area contributed by atoms with E-state index in [9.17, 15) is 18.0 Å². The van der Waals surface area contributed by atoms with E-state index in [1.54, 1.807) is 24.3 Å². The van der Waals surface area contributed by atoms with Crippen molar-refractivity contribution in [1.82, 2.24) is 0 Å². The van der Waals surface area contributed by atoms with Gasteiger partial charge in [-0.2, -0.15) is 0 Å². The Hall–Kier alpha value is -1.70. The number of carbonyl (C=O) groups is 2. The summed E-state index contributed by atoms with van der Waals surface area (Å²) in [6.45, 7) is 3.86. The Morgan fingerprint density at radius 3 is 2.63 bits per heavy atom. The van der Waals surface area contributed by atoms with Crippen LogP contribution in [0.2, 0.25) is 5.02 Å². The Labute approximate surface area is 167 Å². The highest BCUT2D eigenvalue weighted by molar-refractivity contribution is 7.92. The molecule has 0 spiro atoms. The van der Waals surface area contributed by atoms with E-state index in [0.717, 1.165) is 23.2 Å². The van der Waals surface area contributed by atoms with Gasteiger partial charge in [-0.25, -0.2) is 13.2 Å². The van der Waals surface area contributed by atoms with Crippen molar-refractivity contribution in [3.8, 4) is 0 Å². The first-order valence-corrected chi connectivity index (χ1v) is 11.4. The minimum atomic E-state index is -3.63. The molecule has 3 rings (SSSR count). The first-order chi connectivity index (χ1) is 12.5. The first-order valence-electron chi connectivity index (χ1n) is 8.28. The largest absolute Gasteiger partial charge is 0.457 e. The number of rotatable bonds is 4. The van der Waals surface area contributed by atoms with Gasteiger partial charge in [-0.05, 0) is 35.1 Å². The van der Waals surface area contributed by atoms with Crippen molar-refractivity contribution in [2.45, 2.75) is 37.5 Å². The van der Waals surface area contributed by atoms with Gasteiger partial charge in [-0.1, -0.05) is 37.6 Å². The maximum absolute atomic E-state index is 12.7. The molecule has 0 saturated heterocycles. The van der Waals surface area contributed by atoms with E-state index < -0.39 is 15.8 Å². The number of benzene rings is 1. The average molecular weight is 427 g/mol. The quantitative estimate of drug-likeness (QED) is 0.680. The van der Waals surface area contributed by atoms with Crippen LogP contribution in [-0.4, -0.2) is 26.4 Å². The van der Waals surface area contributed by atoms with E-state index >= 15 is 0 Å². The number of ketones is 1. The Morgan fingerprint density at radius 1 is 1.30 bits per heavy atom. The zero-order chi connectivity index (χ0) is 20.0. The van der Waals surface area contributed by atoms with Crippen LogP contribution in [0.15, 0.2) is 28.5 Å². The average Bonchev–Trinajstić information content (AvgIpc) is 2.91. The van der Waals surface area contributed by atoms with E-state index in [0.29, 0.717) is 17.0 Å². The third-order valence-electron chi connectivity index (χ3n) is 4.33. The van der Waals surface area contributed by atoms with Crippen LogP contribution in [0.5, 0.6) is 0 Å². The summed E-state index contributed by atoms with van der Waals surface area (Å²) >= 11 is 6.75. The molecule has 144 valence electrons. The molecule has 1 heterocycles. The van der Waals surface area contributed by atoms with Gasteiger partial charge in [0.2, 0.25) is 0 Å². The van der Waals surface area contributed by atoms with E-state index in [-0.39, 0.29) is 38.9 Å². The molecule has 0 fully saturated rings. The number of fused-ring (bicyclic) bond motifs is 1. The second kappa shape index (κ2) is 7.04. The second-order valence-corrected chi connectivity index (χ2v) is 11.2. The van der Waals surface area contributed by atoms with Crippen LogP contribution in [-0.2, 0) is 27.6 Å². The summed E-state index contributed by atoms with van der Waals surface area (Å²) in [5.74, 6) is -0.872. The molecular weight excluding hydrogens is 408 g/mol. The number of carbonyl (C=O) groups excluding carboxylic acids is 2. The normalized spacial score (nSPS) is 16.1. The van der Waals surface area contributed by atoms with Crippen LogP contribution in [0.3, 0.4) is 0 Å². The predicted molar refractivity (Wildman–Crippen MR) is 104 cm³/mol. The summed E-state index contributed by atoms with van der Waals surface area (Å²) < 4.78 is 29.6. The SMILES string of the molecule is CC1(C)CC(=O)c2c(S(C)(=O)=O)sc(C(=O)OCc3cccc(Cl)c3)c2C1. The summed E-state index contributed by atoms with van der Waals surface area (Å²) in [6, 6.07) is 6.93. The van der Waals surface area contributed by atoms with E-state index in [2.05, 4.69) is 0 Å². The summed E-state index contributed by atoms with van der Waals surface area (Å²) in [4.78, 5) is 25.5. The number of sulfone groups is 1. The minimum absolute atomic E-state index is 0.0115. The van der Waals surface area contributed by atoms with Crippen LogP contribution >= 0.6 is 22.9 Å². The third kappa shape index (κ3) is 4.25.